The number of hydrogen-bond donors (Lipinski definition) is 1. The number of sulfonamides is 1. The average molecular weight is 420 g/mol. The SMILES string of the molecule is C[C@H](NS(=O)(=O)c1ccc(Cl)s1)[C@@H](c1cc(F)cc(F)c1)C(F)(F)F. The highest BCUT2D eigenvalue weighted by molar-refractivity contribution is 7.91. The van der Waals surface area contributed by atoms with E-state index in [9.17, 15) is 30.4 Å². The summed E-state index contributed by atoms with van der Waals surface area (Å²) in [7, 11) is -4.28. The van der Waals surface area contributed by atoms with Gasteiger partial charge in [0.2, 0.25) is 10.0 Å². The van der Waals surface area contributed by atoms with E-state index in [1.54, 1.807) is 0 Å². The van der Waals surface area contributed by atoms with Crippen LogP contribution < -0.4 is 4.72 Å². The molecule has 138 valence electrons. The van der Waals surface area contributed by atoms with Crippen molar-refractivity contribution in [1.82, 2.24) is 4.72 Å². The molecule has 0 unspecified atom stereocenters. The van der Waals surface area contributed by atoms with Gasteiger partial charge in [-0.25, -0.2) is 21.9 Å². The summed E-state index contributed by atoms with van der Waals surface area (Å²) in [6.45, 7) is 0.966. The minimum Gasteiger partial charge on any atom is -0.207 e. The fraction of sp³-hybridized carbons (Fsp3) is 0.286. The Hall–Kier alpha value is -1.23. The third kappa shape index (κ3) is 4.90. The number of hydrogen-bond acceptors (Lipinski definition) is 3. The van der Waals surface area contributed by atoms with E-state index in [4.69, 9.17) is 11.6 Å². The summed E-state index contributed by atoms with van der Waals surface area (Å²) in [5.74, 6) is -4.82. The Morgan fingerprint density at radius 1 is 1.12 bits per heavy atom. The number of thiophene rings is 1. The zero-order chi connectivity index (χ0) is 19.0. The fourth-order valence-corrected chi connectivity index (χ4v) is 5.08. The first-order valence-electron chi connectivity index (χ1n) is 6.70. The minimum atomic E-state index is -4.94. The van der Waals surface area contributed by atoms with Gasteiger partial charge in [0.15, 0.2) is 0 Å². The topological polar surface area (TPSA) is 46.2 Å². The van der Waals surface area contributed by atoms with E-state index in [0.29, 0.717) is 29.5 Å². The molecule has 0 radical (unpaired) electrons. The molecular formula is C14H11ClF5NO2S2. The van der Waals surface area contributed by atoms with Gasteiger partial charge in [0.25, 0.3) is 0 Å². The van der Waals surface area contributed by atoms with Crippen LogP contribution in [0.5, 0.6) is 0 Å². The quantitative estimate of drug-likeness (QED) is 0.714. The average Bonchev–Trinajstić information content (AvgIpc) is 2.82. The Morgan fingerprint density at radius 2 is 1.68 bits per heavy atom. The van der Waals surface area contributed by atoms with E-state index in [-0.39, 0.29) is 8.55 Å². The molecule has 1 aromatic carbocycles. The Kier molecular flexibility index (Phi) is 5.77. The van der Waals surface area contributed by atoms with Crippen molar-refractivity contribution in [2.45, 2.75) is 29.3 Å². The summed E-state index contributed by atoms with van der Waals surface area (Å²) >= 11 is 6.30. The molecule has 0 spiro atoms. The molecule has 2 rings (SSSR count). The molecule has 0 amide bonds. The molecule has 0 aliphatic rings. The smallest absolute Gasteiger partial charge is 0.207 e. The highest BCUT2D eigenvalue weighted by Gasteiger charge is 2.45. The Labute approximate surface area is 149 Å². The van der Waals surface area contributed by atoms with Gasteiger partial charge in [-0.1, -0.05) is 11.6 Å². The Balaban J connectivity index is 2.38. The van der Waals surface area contributed by atoms with Crippen LogP contribution in [0.15, 0.2) is 34.5 Å². The van der Waals surface area contributed by atoms with Gasteiger partial charge in [-0.05, 0) is 36.8 Å². The van der Waals surface area contributed by atoms with Crippen molar-refractivity contribution in [3.8, 4) is 0 Å². The van der Waals surface area contributed by atoms with E-state index in [2.05, 4.69) is 0 Å². The molecule has 3 nitrogen and oxygen atoms in total. The third-order valence-electron chi connectivity index (χ3n) is 3.25. The van der Waals surface area contributed by atoms with Crippen LogP contribution in [-0.4, -0.2) is 20.6 Å². The van der Waals surface area contributed by atoms with Crippen LogP contribution in [0, 0.1) is 11.6 Å². The van der Waals surface area contributed by atoms with Gasteiger partial charge in [-0.15, -0.1) is 11.3 Å². The Morgan fingerprint density at radius 3 is 2.12 bits per heavy atom. The van der Waals surface area contributed by atoms with Crippen LogP contribution in [0.4, 0.5) is 22.0 Å². The van der Waals surface area contributed by atoms with Crippen molar-refractivity contribution >= 4 is 33.0 Å². The summed E-state index contributed by atoms with van der Waals surface area (Å²) in [5.41, 5.74) is -0.718. The van der Waals surface area contributed by atoms with Crippen LogP contribution >= 0.6 is 22.9 Å². The molecule has 0 aliphatic carbocycles. The van der Waals surface area contributed by atoms with Crippen molar-refractivity contribution in [1.29, 1.82) is 0 Å². The lowest BCUT2D eigenvalue weighted by molar-refractivity contribution is -0.154. The molecule has 25 heavy (non-hydrogen) atoms. The standard InChI is InChI=1S/C14H11ClF5NO2S2/c1-7(21-25(22,23)12-3-2-11(15)24-12)13(14(18,19)20)8-4-9(16)6-10(17)5-8/h2-7,13,21H,1H3/t7-,13-/m0/s1. The van der Waals surface area contributed by atoms with Crippen molar-refractivity contribution in [2.24, 2.45) is 0 Å². The van der Waals surface area contributed by atoms with Gasteiger partial charge < -0.3 is 0 Å². The van der Waals surface area contributed by atoms with Gasteiger partial charge in [0.05, 0.1) is 10.3 Å². The summed E-state index contributed by atoms with van der Waals surface area (Å²) in [6.07, 6.45) is -4.94. The molecule has 0 bridgehead atoms. The molecule has 0 fully saturated rings. The first kappa shape index (κ1) is 20.1. The van der Waals surface area contributed by atoms with Crippen LogP contribution in [0.25, 0.3) is 0 Å². The maximum Gasteiger partial charge on any atom is 0.397 e. The fourth-order valence-electron chi connectivity index (χ4n) is 2.33. The summed E-state index contributed by atoms with van der Waals surface area (Å²) in [6, 6.07) is 2.19. The number of nitrogens with one attached hydrogen (secondary N) is 1. The highest BCUT2D eigenvalue weighted by atomic mass is 35.5. The van der Waals surface area contributed by atoms with Gasteiger partial charge in [0.1, 0.15) is 15.8 Å². The van der Waals surface area contributed by atoms with Crippen LogP contribution in [0.1, 0.15) is 18.4 Å². The molecule has 2 aromatic rings. The van der Waals surface area contributed by atoms with Crippen molar-refractivity contribution in [2.75, 3.05) is 0 Å². The lowest BCUT2D eigenvalue weighted by Gasteiger charge is -2.27. The third-order valence-corrected chi connectivity index (χ3v) is 6.53. The molecule has 11 heteroatoms. The number of benzene rings is 1. The predicted molar refractivity (Wildman–Crippen MR) is 84.3 cm³/mol. The molecule has 0 aliphatic heterocycles. The van der Waals surface area contributed by atoms with E-state index >= 15 is 0 Å². The van der Waals surface area contributed by atoms with E-state index in [1.165, 1.54) is 6.07 Å². The van der Waals surface area contributed by atoms with Gasteiger partial charge in [-0.3, -0.25) is 0 Å². The Bertz CT molecular complexity index is 846. The second-order valence-corrected chi connectivity index (χ2v) is 8.85. The van der Waals surface area contributed by atoms with E-state index in [1.807, 2.05) is 4.72 Å². The highest BCUT2D eigenvalue weighted by Crippen LogP contribution is 2.38. The van der Waals surface area contributed by atoms with Crippen LogP contribution in [-0.2, 0) is 10.0 Å². The molecular weight excluding hydrogens is 409 g/mol. The maximum absolute atomic E-state index is 13.4. The monoisotopic (exact) mass is 419 g/mol. The van der Waals surface area contributed by atoms with Crippen molar-refractivity contribution in [3.05, 3.63) is 51.9 Å². The normalized spacial score (nSPS) is 15.2. The molecule has 1 heterocycles. The molecule has 2 atom stereocenters. The zero-order valence-electron chi connectivity index (χ0n) is 12.4. The second-order valence-electron chi connectivity index (χ2n) is 5.19. The first-order chi connectivity index (χ1) is 11.4. The van der Waals surface area contributed by atoms with Crippen molar-refractivity contribution < 1.29 is 30.4 Å². The summed E-state index contributed by atoms with van der Waals surface area (Å²) in [4.78, 5) is 0. The van der Waals surface area contributed by atoms with Gasteiger partial charge in [-0.2, -0.15) is 13.2 Å². The maximum atomic E-state index is 13.4. The summed E-state index contributed by atoms with van der Waals surface area (Å²) < 4.78 is 92.9. The molecule has 0 saturated carbocycles. The van der Waals surface area contributed by atoms with Crippen LogP contribution in [0.2, 0.25) is 4.34 Å². The zero-order valence-corrected chi connectivity index (χ0v) is 14.8. The number of rotatable bonds is 5. The number of alkyl halides is 3. The predicted octanol–water partition coefficient (Wildman–Crippen LogP) is 4.69. The summed E-state index contributed by atoms with van der Waals surface area (Å²) in [5, 5.41) is 0. The largest absolute Gasteiger partial charge is 0.397 e. The van der Waals surface area contributed by atoms with E-state index in [0.717, 1.165) is 13.0 Å². The first-order valence-corrected chi connectivity index (χ1v) is 9.38. The van der Waals surface area contributed by atoms with Crippen LogP contribution in [0.3, 0.4) is 0 Å². The lowest BCUT2D eigenvalue weighted by atomic mass is 9.92. The minimum absolute atomic E-state index is 0.146. The molecule has 1 N–H and O–H groups in total. The van der Waals surface area contributed by atoms with Gasteiger partial charge >= 0.3 is 6.18 Å². The second kappa shape index (κ2) is 7.18. The molecule has 0 saturated heterocycles. The van der Waals surface area contributed by atoms with Gasteiger partial charge in [0, 0.05) is 12.1 Å². The van der Waals surface area contributed by atoms with Crippen molar-refractivity contribution in [3.63, 3.8) is 0 Å². The number of halogens is 6. The lowest BCUT2D eigenvalue weighted by Crippen LogP contribution is -2.42. The van der Waals surface area contributed by atoms with E-state index < -0.39 is 45.4 Å². The molecule has 1 aromatic heterocycles.